The summed E-state index contributed by atoms with van der Waals surface area (Å²) in [4.78, 5) is 2.27. The molecular formula is C11H25N3O2S. The second-order valence-corrected chi connectivity index (χ2v) is 6.66. The molecule has 0 amide bonds. The average molecular weight is 263 g/mol. The smallest absolute Gasteiger partial charge is 0.212 e. The van der Waals surface area contributed by atoms with E-state index in [0.29, 0.717) is 19.1 Å². The molecule has 1 aliphatic carbocycles. The molecule has 0 aromatic heterocycles. The second-order valence-electron chi connectivity index (χ2n) is 4.74. The molecule has 1 saturated carbocycles. The lowest BCUT2D eigenvalue weighted by Gasteiger charge is -2.23. The molecule has 0 atom stereocenters. The molecule has 0 aromatic rings. The van der Waals surface area contributed by atoms with Crippen LogP contribution in [0.4, 0.5) is 0 Å². The van der Waals surface area contributed by atoms with E-state index in [1.54, 1.807) is 7.05 Å². The zero-order valence-electron chi connectivity index (χ0n) is 10.9. The molecule has 0 spiro atoms. The second kappa shape index (κ2) is 7.31. The quantitative estimate of drug-likeness (QED) is 0.647. The van der Waals surface area contributed by atoms with Crippen LogP contribution in [0.2, 0.25) is 0 Å². The largest absolute Gasteiger partial charge is 0.319 e. The van der Waals surface area contributed by atoms with Crippen LogP contribution in [0.3, 0.4) is 0 Å². The minimum atomic E-state index is -3.10. The van der Waals surface area contributed by atoms with Crippen molar-refractivity contribution in [3.8, 4) is 0 Å². The van der Waals surface area contributed by atoms with E-state index in [2.05, 4.69) is 22.0 Å². The molecule has 102 valence electrons. The van der Waals surface area contributed by atoms with E-state index >= 15 is 0 Å². The Balaban J connectivity index is 2.17. The van der Waals surface area contributed by atoms with Gasteiger partial charge in [0, 0.05) is 25.7 Å². The van der Waals surface area contributed by atoms with Crippen LogP contribution < -0.4 is 10.0 Å². The summed E-state index contributed by atoms with van der Waals surface area (Å²) >= 11 is 0. The van der Waals surface area contributed by atoms with Crippen molar-refractivity contribution in [1.29, 1.82) is 0 Å². The maximum Gasteiger partial charge on any atom is 0.212 e. The van der Waals surface area contributed by atoms with E-state index in [0.717, 1.165) is 6.54 Å². The Labute approximate surface area is 105 Å². The van der Waals surface area contributed by atoms with Crippen molar-refractivity contribution in [2.45, 2.75) is 31.7 Å². The first-order valence-corrected chi connectivity index (χ1v) is 8.02. The van der Waals surface area contributed by atoms with Crippen molar-refractivity contribution >= 4 is 10.0 Å². The van der Waals surface area contributed by atoms with Gasteiger partial charge in [-0.15, -0.1) is 0 Å². The number of sulfonamides is 1. The summed E-state index contributed by atoms with van der Waals surface area (Å²) in [5.41, 5.74) is 0. The number of hydrogen-bond acceptors (Lipinski definition) is 4. The van der Waals surface area contributed by atoms with Crippen LogP contribution in [0.1, 0.15) is 25.7 Å². The number of rotatable bonds is 8. The molecule has 5 nitrogen and oxygen atoms in total. The highest BCUT2D eigenvalue weighted by Gasteiger charge is 2.19. The first-order valence-electron chi connectivity index (χ1n) is 6.37. The Morgan fingerprint density at radius 1 is 1.24 bits per heavy atom. The van der Waals surface area contributed by atoms with Crippen LogP contribution in [-0.4, -0.2) is 58.8 Å². The molecule has 0 aromatic carbocycles. The topological polar surface area (TPSA) is 61.4 Å². The average Bonchev–Trinajstić information content (AvgIpc) is 2.79. The zero-order valence-corrected chi connectivity index (χ0v) is 11.7. The monoisotopic (exact) mass is 263 g/mol. The fourth-order valence-corrected chi connectivity index (χ4v) is 3.23. The molecule has 1 aliphatic rings. The summed E-state index contributed by atoms with van der Waals surface area (Å²) in [7, 11) is 0.733. The lowest BCUT2D eigenvalue weighted by molar-refractivity contribution is 0.250. The van der Waals surface area contributed by atoms with Gasteiger partial charge in [-0.05, 0) is 26.9 Å². The van der Waals surface area contributed by atoms with Crippen LogP contribution in [0.5, 0.6) is 0 Å². The fraction of sp³-hybridized carbons (Fsp3) is 1.00. The molecule has 0 unspecified atom stereocenters. The van der Waals surface area contributed by atoms with Crippen LogP contribution in [0, 0.1) is 0 Å². The molecule has 1 rings (SSSR count). The van der Waals surface area contributed by atoms with Gasteiger partial charge in [0.25, 0.3) is 0 Å². The Hall–Kier alpha value is -0.170. The van der Waals surface area contributed by atoms with Gasteiger partial charge < -0.3 is 10.2 Å². The van der Waals surface area contributed by atoms with Gasteiger partial charge in [-0.2, -0.15) is 0 Å². The lowest BCUT2D eigenvalue weighted by atomic mass is 10.2. The summed E-state index contributed by atoms with van der Waals surface area (Å²) in [6.45, 7) is 1.80. The van der Waals surface area contributed by atoms with E-state index in [1.165, 1.54) is 25.7 Å². The van der Waals surface area contributed by atoms with E-state index < -0.39 is 10.0 Å². The van der Waals surface area contributed by atoms with Gasteiger partial charge in [-0.25, -0.2) is 13.1 Å². The third-order valence-corrected chi connectivity index (χ3v) is 4.74. The number of hydrogen-bond donors (Lipinski definition) is 2. The summed E-state index contributed by atoms with van der Waals surface area (Å²) in [6, 6.07) is 0.650. The van der Waals surface area contributed by atoms with E-state index in [4.69, 9.17) is 0 Å². The fourth-order valence-electron chi connectivity index (χ4n) is 2.21. The van der Waals surface area contributed by atoms with E-state index in [-0.39, 0.29) is 5.75 Å². The summed E-state index contributed by atoms with van der Waals surface area (Å²) in [6.07, 6.45) is 5.12. The standard InChI is InChI=1S/C11H25N3O2S/c1-12-8-10-17(15,16)13-7-9-14(2)11-5-3-4-6-11/h11-13H,3-10H2,1-2H3. The zero-order chi connectivity index (χ0) is 12.7. The van der Waals surface area contributed by atoms with Crippen molar-refractivity contribution in [2.24, 2.45) is 0 Å². The van der Waals surface area contributed by atoms with Crippen LogP contribution >= 0.6 is 0 Å². The first-order chi connectivity index (χ1) is 8.05. The normalized spacial score (nSPS) is 18.1. The molecule has 0 radical (unpaired) electrons. The molecule has 0 bridgehead atoms. The van der Waals surface area contributed by atoms with Gasteiger partial charge in [-0.1, -0.05) is 12.8 Å². The molecule has 0 heterocycles. The Morgan fingerprint density at radius 2 is 1.88 bits per heavy atom. The predicted molar refractivity (Wildman–Crippen MR) is 70.6 cm³/mol. The van der Waals surface area contributed by atoms with E-state index in [1.807, 2.05) is 0 Å². The third kappa shape index (κ3) is 5.81. The SMILES string of the molecule is CNCCS(=O)(=O)NCCN(C)C1CCCC1. The highest BCUT2D eigenvalue weighted by atomic mass is 32.2. The minimum absolute atomic E-state index is 0.149. The molecule has 0 aliphatic heterocycles. The van der Waals surface area contributed by atoms with Crippen LogP contribution in [0.15, 0.2) is 0 Å². The number of nitrogens with zero attached hydrogens (tertiary/aromatic N) is 1. The summed E-state index contributed by atoms with van der Waals surface area (Å²) < 4.78 is 25.7. The van der Waals surface area contributed by atoms with Gasteiger partial charge >= 0.3 is 0 Å². The van der Waals surface area contributed by atoms with Crippen LogP contribution in [-0.2, 0) is 10.0 Å². The third-order valence-electron chi connectivity index (χ3n) is 3.36. The maximum atomic E-state index is 11.5. The highest BCUT2D eigenvalue weighted by Crippen LogP contribution is 2.21. The number of likely N-dealkylation sites (N-methyl/N-ethyl adjacent to an activating group) is 1. The van der Waals surface area contributed by atoms with Gasteiger partial charge in [0.05, 0.1) is 5.75 Å². The molecule has 0 saturated heterocycles. The Morgan fingerprint density at radius 3 is 2.47 bits per heavy atom. The van der Waals surface area contributed by atoms with E-state index in [9.17, 15) is 8.42 Å². The predicted octanol–water partition coefficient (Wildman–Crippen LogP) is -0.000400. The minimum Gasteiger partial charge on any atom is -0.319 e. The number of nitrogens with one attached hydrogen (secondary N) is 2. The molecular weight excluding hydrogens is 238 g/mol. The lowest BCUT2D eigenvalue weighted by Crippen LogP contribution is -2.39. The van der Waals surface area contributed by atoms with Gasteiger partial charge in [-0.3, -0.25) is 0 Å². The first kappa shape index (κ1) is 14.9. The van der Waals surface area contributed by atoms with Gasteiger partial charge in [0.1, 0.15) is 0 Å². The Bertz CT molecular complexity index is 300. The van der Waals surface area contributed by atoms with Gasteiger partial charge in [0.15, 0.2) is 0 Å². The van der Waals surface area contributed by atoms with Gasteiger partial charge in [0.2, 0.25) is 10.0 Å². The molecule has 1 fully saturated rings. The van der Waals surface area contributed by atoms with Crippen molar-refractivity contribution < 1.29 is 8.42 Å². The van der Waals surface area contributed by atoms with Crippen molar-refractivity contribution in [3.63, 3.8) is 0 Å². The molecule has 17 heavy (non-hydrogen) atoms. The molecule has 2 N–H and O–H groups in total. The summed E-state index contributed by atoms with van der Waals surface area (Å²) in [5, 5.41) is 2.84. The Kier molecular flexibility index (Phi) is 6.40. The highest BCUT2D eigenvalue weighted by molar-refractivity contribution is 7.89. The maximum absolute atomic E-state index is 11.5. The van der Waals surface area contributed by atoms with Crippen LogP contribution in [0.25, 0.3) is 0 Å². The molecule has 6 heteroatoms. The van der Waals surface area contributed by atoms with Crippen molar-refractivity contribution in [2.75, 3.05) is 39.5 Å². The van der Waals surface area contributed by atoms with Crippen molar-refractivity contribution in [3.05, 3.63) is 0 Å². The van der Waals surface area contributed by atoms with Crippen molar-refractivity contribution in [1.82, 2.24) is 14.9 Å². The summed E-state index contributed by atoms with van der Waals surface area (Å²) in [5.74, 6) is 0.149.